The van der Waals surface area contributed by atoms with E-state index >= 15 is 0 Å². The van der Waals surface area contributed by atoms with E-state index in [0.29, 0.717) is 36.7 Å². The molecule has 7 nitrogen and oxygen atoms in total. The van der Waals surface area contributed by atoms with E-state index in [-0.39, 0.29) is 24.0 Å². The Kier molecular flexibility index (Phi) is 5.55. The maximum Gasteiger partial charge on any atom is 0.254 e. The third kappa shape index (κ3) is 4.41. The van der Waals surface area contributed by atoms with Crippen LogP contribution in [0.1, 0.15) is 28.8 Å². The van der Waals surface area contributed by atoms with Crippen molar-refractivity contribution in [2.24, 2.45) is 13.0 Å². The fourth-order valence-electron chi connectivity index (χ4n) is 3.20. The number of nitrogens with zero attached hydrogens (tertiary/aromatic N) is 3. The van der Waals surface area contributed by atoms with Crippen molar-refractivity contribution < 1.29 is 14.7 Å². The maximum atomic E-state index is 12.4. The fraction of sp³-hybridized carbons (Fsp3) is 0.421. The second kappa shape index (κ2) is 8.03. The largest absolute Gasteiger partial charge is 0.508 e. The Morgan fingerprint density at radius 3 is 2.65 bits per heavy atom. The summed E-state index contributed by atoms with van der Waals surface area (Å²) in [4.78, 5) is 26.3. The quantitative estimate of drug-likeness (QED) is 0.846. The molecule has 2 aromatic rings. The monoisotopic (exact) mass is 356 g/mol. The van der Waals surface area contributed by atoms with Gasteiger partial charge in [0.1, 0.15) is 5.75 Å². The Hall–Kier alpha value is -2.83. The average Bonchev–Trinajstić information content (AvgIpc) is 3.08. The first-order chi connectivity index (χ1) is 12.5. The fourth-order valence-corrected chi connectivity index (χ4v) is 3.20. The lowest BCUT2D eigenvalue weighted by molar-refractivity contribution is -0.131. The number of carbonyl (C=O) groups is 2. The number of para-hydroxylation sites is 1. The van der Waals surface area contributed by atoms with Gasteiger partial charge in [-0.3, -0.25) is 14.3 Å². The lowest BCUT2D eigenvalue weighted by Crippen LogP contribution is -2.42. The Bertz CT molecular complexity index is 779. The molecular weight excluding hydrogens is 332 g/mol. The van der Waals surface area contributed by atoms with Crippen molar-refractivity contribution in [2.75, 3.05) is 19.6 Å². The first kappa shape index (κ1) is 18.0. The molecule has 3 rings (SSSR count). The molecule has 7 heteroatoms. The molecular formula is C19H24N4O3. The summed E-state index contributed by atoms with van der Waals surface area (Å²) in [7, 11) is 1.78. The maximum absolute atomic E-state index is 12.4. The Morgan fingerprint density at radius 2 is 2.00 bits per heavy atom. The lowest BCUT2D eigenvalue weighted by Gasteiger charge is -2.32. The molecule has 0 radical (unpaired) electrons. The number of hydrogen-bond acceptors (Lipinski definition) is 4. The van der Waals surface area contributed by atoms with Crippen LogP contribution in [0, 0.1) is 5.92 Å². The van der Waals surface area contributed by atoms with Crippen molar-refractivity contribution in [3.8, 4) is 5.75 Å². The molecule has 2 heterocycles. The SMILES string of the molecule is Cn1cc(C(=O)NCC2CCN(C(=O)Cc3ccccc3O)CC2)cn1. The van der Waals surface area contributed by atoms with Gasteiger partial charge in [-0.1, -0.05) is 18.2 Å². The number of piperidine rings is 1. The topological polar surface area (TPSA) is 87.5 Å². The number of aromatic hydroxyl groups is 1. The zero-order chi connectivity index (χ0) is 18.5. The van der Waals surface area contributed by atoms with Gasteiger partial charge in [0.05, 0.1) is 18.2 Å². The Labute approximate surface area is 152 Å². The van der Waals surface area contributed by atoms with Gasteiger partial charge in [0.2, 0.25) is 5.91 Å². The van der Waals surface area contributed by atoms with Crippen LogP contribution in [0.4, 0.5) is 0 Å². The second-order valence-electron chi connectivity index (χ2n) is 6.74. The molecule has 0 atom stereocenters. The summed E-state index contributed by atoms with van der Waals surface area (Å²) in [5, 5.41) is 16.7. The molecule has 138 valence electrons. The summed E-state index contributed by atoms with van der Waals surface area (Å²) < 4.78 is 1.60. The molecule has 2 N–H and O–H groups in total. The van der Waals surface area contributed by atoms with E-state index in [1.54, 1.807) is 42.3 Å². The summed E-state index contributed by atoms with van der Waals surface area (Å²) in [6, 6.07) is 6.93. The van der Waals surface area contributed by atoms with Gasteiger partial charge in [0, 0.05) is 38.4 Å². The van der Waals surface area contributed by atoms with E-state index < -0.39 is 0 Å². The minimum Gasteiger partial charge on any atom is -0.508 e. The van der Waals surface area contributed by atoms with Crippen molar-refractivity contribution in [3.05, 3.63) is 47.8 Å². The third-order valence-electron chi connectivity index (χ3n) is 4.82. The molecule has 1 aliphatic heterocycles. The Balaban J connectivity index is 1.43. The summed E-state index contributed by atoms with van der Waals surface area (Å²) in [6.45, 7) is 1.97. The van der Waals surface area contributed by atoms with Crippen LogP contribution < -0.4 is 5.32 Å². The minimum absolute atomic E-state index is 0.0318. The zero-order valence-electron chi connectivity index (χ0n) is 14.9. The van der Waals surface area contributed by atoms with Gasteiger partial charge < -0.3 is 15.3 Å². The molecule has 0 spiro atoms. The van der Waals surface area contributed by atoms with Crippen molar-refractivity contribution >= 4 is 11.8 Å². The van der Waals surface area contributed by atoms with E-state index in [0.717, 1.165) is 12.8 Å². The average molecular weight is 356 g/mol. The molecule has 0 aliphatic carbocycles. The predicted molar refractivity (Wildman–Crippen MR) is 96.7 cm³/mol. The molecule has 1 aromatic heterocycles. The number of carbonyl (C=O) groups excluding carboxylic acids is 2. The van der Waals surface area contributed by atoms with Crippen molar-refractivity contribution in [1.29, 1.82) is 0 Å². The van der Waals surface area contributed by atoms with E-state index in [4.69, 9.17) is 0 Å². The molecule has 1 fully saturated rings. The highest BCUT2D eigenvalue weighted by molar-refractivity contribution is 5.93. The minimum atomic E-state index is -0.115. The van der Waals surface area contributed by atoms with E-state index in [2.05, 4.69) is 10.4 Å². The van der Waals surface area contributed by atoms with Crippen molar-refractivity contribution in [3.63, 3.8) is 0 Å². The molecule has 1 saturated heterocycles. The summed E-state index contributed by atoms with van der Waals surface area (Å²) in [5.41, 5.74) is 1.21. The number of phenols is 1. The summed E-state index contributed by atoms with van der Waals surface area (Å²) in [6.07, 6.45) is 5.18. The Morgan fingerprint density at radius 1 is 1.27 bits per heavy atom. The number of amides is 2. The van der Waals surface area contributed by atoms with Crippen LogP contribution in [-0.2, 0) is 18.3 Å². The third-order valence-corrected chi connectivity index (χ3v) is 4.82. The number of likely N-dealkylation sites (tertiary alicyclic amines) is 1. The standard InChI is InChI=1S/C19H24N4O3/c1-22-13-16(12-21-22)19(26)20-11-14-6-8-23(9-7-14)18(25)10-15-4-2-3-5-17(15)24/h2-5,12-14,24H,6-11H2,1H3,(H,20,26). The van der Waals surface area contributed by atoms with Crippen LogP contribution in [-0.4, -0.2) is 51.2 Å². The van der Waals surface area contributed by atoms with E-state index in [1.165, 1.54) is 0 Å². The van der Waals surface area contributed by atoms with E-state index in [9.17, 15) is 14.7 Å². The number of nitrogens with one attached hydrogen (secondary N) is 1. The molecule has 2 amide bonds. The first-order valence-corrected chi connectivity index (χ1v) is 8.84. The van der Waals surface area contributed by atoms with E-state index in [1.807, 2.05) is 11.0 Å². The van der Waals surface area contributed by atoms with Gasteiger partial charge in [0.15, 0.2) is 0 Å². The lowest BCUT2D eigenvalue weighted by atomic mass is 9.96. The molecule has 0 saturated carbocycles. The van der Waals surface area contributed by atoms with Gasteiger partial charge in [-0.15, -0.1) is 0 Å². The van der Waals surface area contributed by atoms with Crippen LogP contribution in [0.3, 0.4) is 0 Å². The van der Waals surface area contributed by atoms with Gasteiger partial charge in [-0.25, -0.2) is 0 Å². The van der Waals surface area contributed by atoms with Crippen LogP contribution in [0.15, 0.2) is 36.7 Å². The highest BCUT2D eigenvalue weighted by Crippen LogP contribution is 2.20. The highest BCUT2D eigenvalue weighted by Gasteiger charge is 2.23. The summed E-state index contributed by atoms with van der Waals surface area (Å²) in [5.74, 6) is 0.444. The molecule has 1 aromatic carbocycles. The van der Waals surface area contributed by atoms with Crippen LogP contribution >= 0.6 is 0 Å². The highest BCUT2D eigenvalue weighted by atomic mass is 16.3. The van der Waals surface area contributed by atoms with Crippen LogP contribution in [0.5, 0.6) is 5.75 Å². The normalized spacial score (nSPS) is 15.0. The number of benzene rings is 1. The molecule has 26 heavy (non-hydrogen) atoms. The van der Waals surface area contributed by atoms with Crippen LogP contribution in [0.2, 0.25) is 0 Å². The number of aromatic nitrogens is 2. The summed E-state index contributed by atoms with van der Waals surface area (Å²) >= 11 is 0. The van der Waals surface area contributed by atoms with Gasteiger partial charge in [-0.2, -0.15) is 5.10 Å². The van der Waals surface area contributed by atoms with Gasteiger partial charge in [0.25, 0.3) is 5.91 Å². The zero-order valence-corrected chi connectivity index (χ0v) is 14.9. The molecule has 0 unspecified atom stereocenters. The first-order valence-electron chi connectivity index (χ1n) is 8.84. The number of hydrogen-bond donors (Lipinski definition) is 2. The predicted octanol–water partition coefficient (Wildman–Crippen LogP) is 1.34. The number of aryl methyl sites for hydroxylation is 1. The van der Waals surface area contributed by atoms with Gasteiger partial charge in [-0.05, 0) is 24.8 Å². The molecule has 1 aliphatic rings. The van der Waals surface area contributed by atoms with Crippen molar-refractivity contribution in [2.45, 2.75) is 19.3 Å². The number of rotatable bonds is 5. The smallest absolute Gasteiger partial charge is 0.254 e. The van der Waals surface area contributed by atoms with Crippen molar-refractivity contribution in [1.82, 2.24) is 20.0 Å². The second-order valence-corrected chi connectivity index (χ2v) is 6.74. The molecule has 0 bridgehead atoms. The number of phenolic OH excluding ortho intramolecular Hbond substituents is 1. The van der Waals surface area contributed by atoms with Crippen LogP contribution in [0.25, 0.3) is 0 Å². The van der Waals surface area contributed by atoms with Gasteiger partial charge >= 0.3 is 0 Å².